The molecule has 0 radical (unpaired) electrons. The van der Waals surface area contributed by atoms with Gasteiger partial charge in [-0.2, -0.15) is 0 Å². The van der Waals surface area contributed by atoms with Crippen molar-refractivity contribution in [3.8, 4) is 0 Å². The summed E-state index contributed by atoms with van der Waals surface area (Å²) in [5.74, 6) is -3.81. The number of benzene rings is 1. The van der Waals surface area contributed by atoms with E-state index in [1.165, 1.54) is 0 Å². The number of nitrogens with one attached hydrogen (secondary N) is 4. The molecular formula is C25H41N9O8. The van der Waals surface area contributed by atoms with Gasteiger partial charge in [-0.1, -0.05) is 12.1 Å². The number of amides is 2. The summed E-state index contributed by atoms with van der Waals surface area (Å²) in [5.41, 5.74) is 11.8. The lowest BCUT2D eigenvalue weighted by Crippen LogP contribution is -2.45. The predicted octanol–water partition coefficient (Wildman–Crippen LogP) is -3.66. The number of carbonyl (C=O) groups is 5. The Balaban J connectivity index is 2.36. The van der Waals surface area contributed by atoms with Crippen LogP contribution >= 0.6 is 0 Å². The molecule has 0 spiro atoms. The lowest BCUT2D eigenvalue weighted by atomic mass is 10.1. The van der Waals surface area contributed by atoms with Gasteiger partial charge in [0.05, 0.1) is 32.7 Å². The van der Waals surface area contributed by atoms with Crippen LogP contribution in [0.25, 0.3) is 0 Å². The molecular weight excluding hydrogens is 554 g/mol. The molecule has 17 nitrogen and oxygen atoms in total. The van der Waals surface area contributed by atoms with Gasteiger partial charge in [0.1, 0.15) is 0 Å². The van der Waals surface area contributed by atoms with Gasteiger partial charge >= 0.3 is 17.9 Å². The number of aliphatic imine (C=N–C) groups is 1. The van der Waals surface area contributed by atoms with Crippen molar-refractivity contribution in [1.29, 1.82) is 0 Å². The standard InChI is InChI=1S/C25H41N9O8/c26-25(27)32-13-18-2-1-3-19(12-18)24(42)31-5-4-30-20(35)14-28-6-8-33(16-22(38)39)10-11-34(17-23(40)41)9-7-29-15-21(36)37/h1-3,12,28-29H,4-11,13-17H2,(H,30,35)(H,31,42)(H,36,37)(H,38,39)(H,40,41)(H4,26,27,32). The number of carbonyl (C=O) groups excluding carboxylic acids is 2. The number of nitrogens with two attached hydrogens (primary N) is 2. The van der Waals surface area contributed by atoms with Crippen LogP contribution in [0.5, 0.6) is 0 Å². The van der Waals surface area contributed by atoms with Gasteiger partial charge < -0.3 is 48.1 Å². The predicted molar refractivity (Wildman–Crippen MR) is 153 cm³/mol. The number of aliphatic carboxylic acids is 3. The van der Waals surface area contributed by atoms with Crippen molar-refractivity contribution in [3.63, 3.8) is 0 Å². The first-order valence-corrected chi connectivity index (χ1v) is 13.2. The van der Waals surface area contributed by atoms with E-state index in [1.54, 1.807) is 34.1 Å². The minimum atomic E-state index is -1.06. The quantitative estimate of drug-likeness (QED) is 0.0335. The molecule has 0 heterocycles. The van der Waals surface area contributed by atoms with Gasteiger partial charge in [0.25, 0.3) is 5.91 Å². The molecule has 0 bridgehead atoms. The number of carboxylic acid groups (broad SMARTS) is 3. The number of nitrogens with zero attached hydrogens (tertiary/aromatic N) is 3. The molecule has 11 N–H and O–H groups in total. The molecule has 0 unspecified atom stereocenters. The summed E-state index contributed by atoms with van der Waals surface area (Å²) < 4.78 is 0. The number of hydrogen-bond donors (Lipinski definition) is 9. The Morgan fingerprint density at radius 1 is 0.738 bits per heavy atom. The third-order valence-corrected chi connectivity index (χ3v) is 5.59. The summed E-state index contributed by atoms with van der Waals surface area (Å²) in [6.45, 7) is 1.44. The monoisotopic (exact) mass is 595 g/mol. The van der Waals surface area contributed by atoms with Crippen LogP contribution in [-0.4, -0.2) is 139 Å². The van der Waals surface area contributed by atoms with E-state index in [0.29, 0.717) is 12.1 Å². The smallest absolute Gasteiger partial charge is 0.317 e. The molecule has 0 atom stereocenters. The summed E-state index contributed by atoms with van der Waals surface area (Å²) in [5, 5.41) is 38.0. The highest BCUT2D eigenvalue weighted by Crippen LogP contribution is 2.06. The Bertz CT molecular complexity index is 1070. The first kappa shape index (κ1) is 35.7. The molecule has 0 fully saturated rings. The second-order valence-electron chi connectivity index (χ2n) is 9.13. The van der Waals surface area contributed by atoms with Crippen molar-refractivity contribution >= 4 is 35.7 Å². The Morgan fingerprint density at radius 2 is 1.31 bits per heavy atom. The SMILES string of the molecule is NC(N)=NCc1cccc(C(=O)NCCNC(=O)CNCCN(CCN(CCNCC(=O)O)CC(=O)O)CC(=O)O)c1. The van der Waals surface area contributed by atoms with E-state index in [4.69, 9.17) is 21.7 Å². The van der Waals surface area contributed by atoms with Gasteiger partial charge in [0, 0.05) is 57.9 Å². The van der Waals surface area contributed by atoms with E-state index < -0.39 is 17.9 Å². The maximum absolute atomic E-state index is 12.3. The van der Waals surface area contributed by atoms with Gasteiger partial charge in [-0.3, -0.25) is 33.8 Å². The Kier molecular flexibility index (Phi) is 17.5. The Labute approximate surface area is 243 Å². The highest BCUT2D eigenvalue weighted by atomic mass is 16.4. The molecule has 0 aromatic heterocycles. The highest BCUT2D eigenvalue weighted by molar-refractivity contribution is 5.94. The average molecular weight is 596 g/mol. The summed E-state index contributed by atoms with van der Waals surface area (Å²) in [6.07, 6.45) is 0. The van der Waals surface area contributed by atoms with Gasteiger partial charge in [0.15, 0.2) is 5.96 Å². The first-order valence-electron chi connectivity index (χ1n) is 13.2. The summed E-state index contributed by atoms with van der Waals surface area (Å²) in [7, 11) is 0. The van der Waals surface area contributed by atoms with Crippen LogP contribution in [0.3, 0.4) is 0 Å². The van der Waals surface area contributed by atoms with E-state index >= 15 is 0 Å². The number of rotatable bonds is 23. The number of carboxylic acids is 3. The third kappa shape index (κ3) is 18.1. The zero-order valence-corrected chi connectivity index (χ0v) is 23.4. The van der Waals surface area contributed by atoms with Crippen molar-refractivity contribution < 1.29 is 39.3 Å². The van der Waals surface area contributed by atoms with Crippen molar-refractivity contribution in [3.05, 3.63) is 35.4 Å². The van der Waals surface area contributed by atoms with Gasteiger partial charge in [0.2, 0.25) is 5.91 Å². The van der Waals surface area contributed by atoms with Crippen molar-refractivity contribution in [2.24, 2.45) is 16.5 Å². The molecule has 42 heavy (non-hydrogen) atoms. The normalized spacial score (nSPS) is 10.8. The third-order valence-electron chi connectivity index (χ3n) is 5.59. The lowest BCUT2D eigenvalue weighted by molar-refractivity contribution is -0.140. The minimum Gasteiger partial charge on any atom is -0.480 e. The minimum absolute atomic E-state index is 0.0257. The fourth-order valence-corrected chi connectivity index (χ4v) is 3.61. The molecule has 234 valence electrons. The van der Waals surface area contributed by atoms with Crippen LogP contribution < -0.4 is 32.7 Å². The van der Waals surface area contributed by atoms with Crippen LogP contribution in [0.1, 0.15) is 15.9 Å². The molecule has 0 saturated heterocycles. The molecule has 0 aliphatic carbocycles. The van der Waals surface area contributed by atoms with E-state index in [0.717, 1.165) is 5.56 Å². The fourth-order valence-electron chi connectivity index (χ4n) is 3.61. The lowest BCUT2D eigenvalue weighted by Gasteiger charge is -2.26. The Hall–Kier alpha value is -4.32. The van der Waals surface area contributed by atoms with Gasteiger partial charge in [-0.05, 0) is 17.7 Å². The average Bonchev–Trinajstić information content (AvgIpc) is 2.92. The topological polar surface area (TPSA) is 265 Å². The van der Waals surface area contributed by atoms with Gasteiger partial charge in [-0.15, -0.1) is 0 Å². The molecule has 1 aromatic carbocycles. The van der Waals surface area contributed by atoms with Crippen molar-refractivity contribution in [2.75, 3.05) is 78.5 Å². The van der Waals surface area contributed by atoms with E-state index in [9.17, 15) is 29.1 Å². The van der Waals surface area contributed by atoms with Crippen LogP contribution in [0, 0.1) is 0 Å². The molecule has 0 saturated carbocycles. The fraction of sp³-hybridized carbons (Fsp3) is 0.520. The largest absolute Gasteiger partial charge is 0.480 e. The number of guanidine groups is 1. The zero-order chi connectivity index (χ0) is 31.3. The van der Waals surface area contributed by atoms with Crippen LogP contribution in [0.4, 0.5) is 0 Å². The van der Waals surface area contributed by atoms with Crippen LogP contribution in [-0.2, 0) is 25.7 Å². The van der Waals surface area contributed by atoms with Crippen LogP contribution in [0.2, 0.25) is 0 Å². The molecule has 1 aromatic rings. The molecule has 17 heteroatoms. The van der Waals surface area contributed by atoms with Crippen LogP contribution in [0.15, 0.2) is 29.3 Å². The Morgan fingerprint density at radius 3 is 1.86 bits per heavy atom. The molecule has 0 aliphatic heterocycles. The van der Waals surface area contributed by atoms with E-state index in [-0.39, 0.29) is 96.3 Å². The summed E-state index contributed by atoms with van der Waals surface area (Å²) >= 11 is 0. The molecule has 2 amide bonds. The number of hydrogen-bond acceptors (Lipinski definition) is 10. The highest BCUT2D eigenvalue weighted by Gasteiger charge is 2.15. The second kappa shape index (κ2) is 20.5. The maximum atomic E-state index is 12.3. The van der Waals surface area contributed by atoms with Crippen molar-refractivity contribution in [2.45, 2.75) is 6.54 Å². The van der Waals surface area contributed by atoms with Crippen molar-refractivity contribution in [1.82, 2.24) is 31.1 Å². The van der Waals surface area contributed by atoms with E-state index in [1.807, 2.05) is 0 Å². The second-order valence-corrected chi connectivity index (χ2v) is 9.13. The van der Waals surface area contributed by atoms with Gasteiger partial charge in [-0.25, -0.2) is 4.99 Å². The molecule has 1 rings (SSSR count). The van der Waals surface area contributed by atoms with E-state index in [2.05, 4.69) is 26.3 Å². The zero-order valence-electron chi connectivity index (χ0n) is 23.4. The maximum Gasteiger partial charge on any atom is 0.317 e. The first-order chi connectivity index (χ1) is 20.0. The molecule has 0 aliphatic rings. The summed E-state index contributed by atoms with van der Waals surface area (Å²) in [4.78, 5) is 64.5. The summed E-state index contributed by atoms with van der Waals surface area (Å²) in [6, 6.07) is 6.82.